The molecule has 0 aromatic heterocycles. The van der Waals surface area contributed by atoms with Crippen LogP contribution in [0.5, 0.6) is 0 Å². The SMILES string of the molecule is C=C(N=[N+]=[N-])c1ccc(NC(=O)C(=O)OCC)cc1. The average molecular weight is 260 g/mol. The van der Waals surface area contributed by atoms with Gasteiger partial charge in [-0.3, -0.25) is 4.79 Å². The van der Waals surface area contributed by atoms with Crippen molar-refractivity contribution in [2.45, 2.75) is 6.92 Å². The zero-order valence-corrected chi connectivity index (χ0v) is 10.3. The summed E-state index contributed by atoms with van der Waals surface area (Å²) in [5, 5.41) is 5.74. The van der Waals surface area contributed by atoms with E-state index in [0.29, 0.717) is 11.3 Å². The second-order valence-corrected chi connectivity index (χ2v) is 3.39. The van der Waals surface area contributed by atoms with Crippen molar-refractivity contribution in [1.82, 2.24) is 0 Å². The van der Waals surface area contributed by atoms with Crippen LogP contribution in [0.4, 0.5) is 5.69 Å². The number of anilines is 1. The molecule has 1 aromatic carbocycles. The van der Waals surface area contributed by atoms with E-state index in [-0.39, 0.29) is 12.3 Å². The molecular weight excluding hydrogens is 248 g/mol. The minimum Gasteiger partial charge on any atom is -0.459 e. The van der Waals surface area contributed by atoms with Crippen LogP contribution in [0.15, 0.2) is 36.0 Å². The van der Waals surface area contributed by atoms with Crippen molar-refractivity contribution < 1.29 is 14.3 Å². The van der Waals surface area contributed by atoms with Crippen molar-refractivity contribution in [3.8, 4) is 0 Å². The van der Waals surface area contributed by atoms with Gasteiger partial charge in [0, 0.05) is 16.3 Å². The highest BCUT2D eigenvalue weighted by atomic mass is 16.5. The number of esters is 1. The van der Waals surface area contributed by atoms with Crippen molar-refractivity contribution in [1.29, 1.82) is 0 Å². The Morgan fingerprint density at radius 1 is 1.42 bits per heavy atom. The molecule has 0 aliphatic carbocycles. The fourth-order valence-corrected chi connectivity index (χ4v) is 1.24. The Morgan fingerprint density at radius 3 is 2.58 bits per heavy atom. The number of amides is 1. The Hall–Kier alpha value is -2.79. The minimum atomic E-state index is -0.940. The summed E-state index contributed by atoms with van der Waals surface area (Å²) in [6.45, 7) is 5.32. The minimum absolute atomic E-state index is 0.136. The number of carbonyl (C=O) groups is 2. The zero-order valence-electron chi connectivity index (χ0n) is 10.3. The summed E-state index contributed by atoms with van der Waals surface area (Å²) in [6, 6.07) is 6.34. The quantitative estimate of drug-likeness (QED) is 0.295. The second-order valence-electron chi connectivity index (χ2n) is 3.39. The highest BCUT2D eigenvalue weighted by Crippen LogP contribution is 2.17. The summed E-state index contributed by atoms with van der Waals surface area (Å²) in [7, 11) is 0. The van der Waals surface area contributed by atoms with Gasteiger partial charge in [-0.25, -0.2) is 4.79 Å². The molecule has 1 N–H and O–H groups in total. The van der Waals surface area contributed by atoms with E-state index in [0.717, 1.165) is 0 Å². The third-order valence-electron chi connectivity index (χ3n) is 2.10. The number of benzene rings is 1. The lowest BCUT2D eigenvalue weighted by molar-refractivity contribution is -0.152. The van der Waals surface area contributed by atoms with Gasteiger partial charge in [0.25, 0.3) is 0 Å². The molecule has 7 nitrogen and oxygen atoms in total. The molecule has 0 unspecified atom stereocenters. The number of nitrogens with one attached hydrogen (secondary N) is 1. The Labute approximate surface area is 109 Å². The Morgan fingerprint density at radius 2 is 2.05 bits per heavy atom. The van der Waals surface area contributed by atoms with Crippen molar-refractivity contribution in [3.05, 3.63) is 46.9 Å². The number of ether oxygens (including phenoxy) is 1. The summed E-state index contributed by atoms with van der Waals surface area (Å²) in [5.74, 6) is -1.78. The fraction of sp³-hybridized carbons (Fsp3) is 0.167. The van der Waals surface area contributed by atoms with Crippen LogP contribution in [0.3, 0.4) is 0 Å². The van der Waals surface area contributed by atoms with E-state index in [1.54, 1.807) is 31.2 Å². The predicted molar refractivity (Wildman–Crippen MR) is 69.9 cm³/mol. The van der Waals surface area contributed by atoms with Crippen LogP contribution in [0, 0.1) is 0 Å². The number of azide groups is 1. The van der Waals surface area contributed by atoms with Gasteiger partial charge < -0.3 is 10.1 Å². The third kappa shape index (κ3) is 4.18. The van der Waals surface area contributed by atoms with Gasteiger partial charge in [0.1, 0.15) is 0 Å². The van der Waals surface area contributed by atoms with Crippen LogP contribution in [-0.2, 0) is 14.3 Å². The van der Waals surface area contributed by atoms with Crippen LogP contribution in [0.2, 0.25) is 0 Å². The zero-order chi connectivity index (χ0) is 14.3. The van der Waals surface area contributed by atoms with Gasteiger partial charge >= 0.3 is 11.9 Å². The van der Waals surface area contributed by atoms with Crippen LogP contribution < -0.4 is 5.32 Å². The predicted octanol–water partition coefficient (Wildman–Crippen LogP) is 2.47. The van der Waals surface area contributed by atoms with Crippen molar-refractivity contribution in [3.63, 3.8) is 0 Å². The molecule has 0 heterocycles. The summed E-state index contributed by atoms with van der Waals surface area (Å²) < 4.78 is 4.55. The van der Waals surface area contributed by atoms with E-state index in [4.69, 9.17) is 5.53 Å². The molecule has 0 fully saturated rings. The summed E-state index contributed by atoms with van der Waals surface area (Å²) >= 11 is 0. The average Bonchev–Trinajstić information content (AvgIpc) is 2.40. The van der Waals surface area contributed by atoms with E-state index in [1.165, 1.54) is 0 Å². The fourth-order valence-electron chi connectivity index (χ4n) is 1.24. The van der Waals surface area contributed by atoms with Gasteiger partial charge in [0.15, 0.2) is 0 Å². The summed E-state index contributed by atoms with van der Waals surface area (Å²) in [6.07, 6.45) is 0. The normalized spacial score (nSPS) is 9.11. The van der Waals surface area contributed by atoms with Crippen molar-refractivity contribution >= 4 is 23.3 Å². The maximum Gasteiger partial charge on any atom is 0.397 e. The van der Waals surface area contributed by atoms with Gasteiger partial charge in [-0.15, -0.1) is 0 Å². The van der Waals surface area contributed by atoms with Crippen LogP contribution in [-0.4, -0.2) is 18.5 Å². The number of hydrogen-bond donors (Lipinski definition) is 1. The molecule has 1 aromatic rings. The number of rotatable bonds is 4. The molecule has 0 aliphatic heterocycles. The Balaban J connectivity index is 2.72. The van der Waals surface area contributed by atoms with E-state index in [1.807, 2.05) is 0 Å². The van der Waals surface area contributed by atoms with Gasteiger partial charge in [-0.05, 0) is 30.2 Å². The number of nitrogens with zero attached hydrogens (tertiary/aromatic N) is 3. The Bertz CT molecular complexity index is 545. The molecule has 98 valence electrons. The standard InChI is InChI=1S/C12H12N4O3/c1-3-19-12(18)11(17)14-10-6-4-9(5-7-10)8(2)15-16-13/h4-7H,2-3H2,1H3,(H,14,17). The number of carbonyl (C=O) groups excluding carboxylic acids is 2. The van der Waals surface area contributed by atoms with Crippen LogP contribution >= 0.6 is 0 Å². The first-order valence-electron chi connectivity index (χ1n) is 5.41. The Kier molecular flexibility index (Phi) is 5.13. The molecule has 19 heavy (non-hydrogen) atoms. The third-order valence-corrected chi connectivity index (χ3v) is 2.10. The van der Waals surface area contributed by atoms with Crippen LogP contribution in [0.1, 0.15) is 12.5 Å². The van der Waals surface area contributed by atoms with Gasteiger partial charge in [0.05, 0.1) is 6.61 Å². The molecule has 0 spiro atoms. The molecule has 0 radical (unpaired) electrons. The molecular formula is C12H12N4O3. The highest BCUT2D eigenvalue weighted by molar-refractivity contribution is 6.37. The molecule has 1 amide bonds. The molecule has 0 saturated heterocycles. The van der Waals surface area contributed by atoms with E-state index < -0.39 is 11.9 Å². The molecule has 7 heteroatoms. The summed E-state index contributed by atoms with van der Waals surface area (Å²) in [5.41, 5.74) is 9.59. The number of hydrogen-bond acceptors (Lipinski definition) is 4. The lowest BCUT2D eigenvalue weighted by Crippen LogP contribution is -2.24. The molecule has 1 rings (SSSR count). The monoisotopic (exact) mass is 260 g/mol. The van der Waals surface area contributed by atoms with Crippen LogP contribution in [0.25, 0.3) is 16.1 Å². The van der Waals surface area contributed by atoms with Gasteiger partial charge in [-0.1, -0.05) is 23.8 Å². The first-order chi connectivity index (χ1) is 9.08. The van der Waals surface area contributed by atoms with Gasteiger partial charge in [0.2, 0.25) is 0 Å². The molecule has 0 aliphatic rings. The van der Waals surface area contributed by atoms with Crippen molar-refractivity contribution in [2.24, 2.45) is 5.11 Å². The van der Waals surface area contributed by atoms with E-state index in [2.05, 4.69) is 26.7 Å². The maximum atomic E-state index is 11.4. The molecule has 0 saturated carbocycles. The van der Waals surface area contributed by atoms with E-state index >= 15 is 0 Å². The largest absolute Gasteiger partial charge is 0.459 e. The summed E-state index contributed by atoms with van der Waals surface area (Å²) in [4.78, 5) is 25.1. The lowest BCUT2D eigenvalue weighted by Gasteiger charge is -2.05. The van der Waals surface area contributed by atoms with E-state index in [9.17, 15) is 9.59 Å². The highest BCUT2D eigenvalue weighted by Gasteiger charge is 2.14. The topological polar surface area (TPSA) is 104 Å². The van der Waals surface area contributed by atoms with Gasteiger partial charge in [-0.2, -0.15) is 0 Å². The first-order valence-corrected chi connectivity index (χ1v) is 5.41. The first kappa shape index (κ1) is 14.3. The molecule has 0 bridgehead atoms. The molecule has 0 atom stereocenters. The lowest BCUT2D eigenvalue weighted by atomic mass is 10.1. The smallest absolute Gasteiger partial charge is 0.397 e. The maximum absolute atomic E-state index is 11.4. The van der Waals surface area contributed by atoms with Crippen molar-refractivity contribution in [2.75, 3.05) is 11.9 Å². The second kappa shape index (κ2) is 6.83.